The minimum atomic E-state index is -3.61. The first-order chi connectivity index (χ1) is 15.2. The number of rotatable bonds is 12. The summed E-state index contributed by atoms with van der Waals surface area (Å²) >= 11 is 0. The number of para-hydroxylation sites is 2. The van der Waals surface area contributed by atoms with Crippen LogP contribution in [0.25, 0.3) is 0 Å². The molecule has 0 atom stereocenters. The minimum absolute atomic E-state index is 0.188. The van der Waals surface area contributed by atoms with Crippen LogP contribution in [0.4, 0.5) is 5.69 Å². The van der Waals surface area contributed by atoms with E-state index in [-0.39, 0.29) is 17.2 Å². The van der Waals surface area contributed by atoms with E-state index in [1.54, 1.807) is 26.0 Å². The molecule has 0 saturated carbocycles. The van der Waals surface area contributed by atoms with Crippen molar-refractivity contribution in [1.29, 1.82) is 0 Å². The summed E-state index contributed by atoms with van der Waals surface area (Å²) in [6.07, 6.45) is 0.768. The number of nitrogens with zero attached hydrogens (tertiary/aromatic N) is 1. The molecule has 0 aromatic heterocycles. The lowest BCUT2D eigenvalue weighted by Gasteiger charge is -2.20. The molecule has 0 unspecified atom stereocenters. The first-order valence-corrected chi connectivity index (χ1v) is 12.4. The molecule has 2 aromatic carbocycles. The zero-order valence-corrected chi connectivity index (χ0v) is 20.4. The summed E-state index contributed by atoms with van der Waals surface area (Å²) in [5.74, 6) is 1.14. The van der Waals surface area contributed by atoms with Gasteiger partial charge in [0.2, 0.25) is 15.9 Å². The normalized spacial score (nSPS) is 11.4. The van der Waals surface area contributed by atoms with E-state index >= 15 is 0 Å². The van der Waals surface area contributed by atoms with Gasteiger partial charge in [0.15, 0.2) is 11.5 Å². The quantitative estimate of drug-likeness (QED) is 0.469. The van der Waals surface area contributed by atoms with Crippen molar-refractivity contribution in [2.75, 3.05) is 31.6 Å². The average molecular weight is 463 g/mol. The van der Waals surface area contributed by atoms with Crippen molar-refractivity contribution in [3.8, 4) is 11.5 Å². The number of carbonyl (C=O) groups is 1. The molecule has 0 aliphatic rings. The van der Waals surface area contributed by atoms with Crippen molar-refractivity contribution in [1.82, 2.24) is 4.31 Å². The van der Waals surface area contributed by atoms with Gasteiger partial charge in [0.25, 0.3) is 0 Å². The van der Waals surface area contributed by atoms with Crippen LogP contribution in [0.1, 0.15) is 44.7 Å². The number of anilines is 1. The molecule has 2 aromatic rings. The van der Waals surface area contributed by atoms with Gasteiger partial charge in [0.1, 0.15) is 0 Å². The van der Waals surface area contributed by atoms with Gasteiger partial charge < -0.3 is 14.8 Å². The molecule has 1 amide bonds. The Kier molecular flexibility index (Phi) is 9.53. The van der Waals surface area contributed by atoms with Crippen LogP contribution in [0.5, 0.6) is 11.5 Å². The second-order valence-electron chi connectivity index (χ2n) is 7.38. The fourth-order valence-corrected chi connectivity index (χ4v) is 4.86. The summed E-state index contributed by atoms with van der Waals surface area (Å²) in [5.41, 5.74) is 2.17. The van der Waals surface area contributed by atoms with Crippen LogP contribution in [-0.4, -0.2) is 44.9 Å². The fourth-order valence-electron chi connectivity index (χ4n) is 3.29. The van der Waals surface area contributed by atoms with E-state index in [9.17, 15) is 13.2 Å². The number of carbonyl (C=O) groups excluding carboxylic acids is 1. The third kappa shape index (κ3) is 6.46. The Morgan fingerprint density at radius 1 is 1.00 bits per heavy atom. The zero-order valence-electron chi connectivity index (χ0n) is 19.6. The molecular weight excluding hydrogens is 428 g/mol. The molecular formula is C24H34N2O5S. The lowest BCUT2D eigenvalue weighted by atomic mass is 10.1. The largest absolute Gasteiger partial charge is 0.490 e. The molecule has 1 N–H and O–H groups in total. The van der Waals surface area contributed by atoms with Crippen molar-refractivity contribution in [2.45, 2.75) is 52.4 Å². The van der Waals surface area contributed by atoms with Crippen LogP contribution in [0, 0.1) is 13.8 Å². The lowest BCUT2D eigenvalue weighted by Crippen LogP contribution is -2.30. The molecule has 0 radical (unpaired) electrons. The molecule has 0 saturated heterocycles. The molecule has 0 heterocycles. The summed E-state index contributed by atoms with van der Waals surface area (Å²) in [6.45, 7) is 10.9. The van der Waals surface area contributed by atoms with E-state index in [1.165, 1.54) is 4.31 Å². The van der Waals surface area contributed by atoms with Crippen molar-refractivity contribution >= 4 is 21.6 Å². The number of benzene rings is 2. The van der Waals surface area contributed by atoms with Gasteiger partial charge in [-0.15, -0.1) is 0 Å². The Bertz CT molecular complexity index is 1020. The van der Waals surface area contributed by atoms with Gasteiger partial charge in [-0.1, -0.05) is 26.0 Å². The van der Waals surface area contributed by atoms with Gasteiger partial charge in [-0.25, -0.2) is 8.42 Å². The number of nitrogens with one attached hydrogen (secondary N) is 1. The summed E-state index contributed by atoms with van der Waals surface area (Å²) in [6, 6.07) is 10.6. The highest BCUT2D eigenvalue weighted by molar-refractivity contribution is 7.89. The van der Waals surface area contributed by atoms with Gasteiger partial charge in [-0.05, 0) is 62.6 Å². The first kappa shape index (κ1) is 25.7. The molecule has 0 fully saturated rings. The summed E-state index contributed by atoms with van der Waals surface area (Å²) in [7, 11) is -3.61. The van der Waals surface area contributed by atoms with Crippen LogP contribution < -0.4 is 14.8 Å². The summed E-state index contributed by atoms with van der Waals surface area (Å²) < 4.78 is 38.5. The molecule has 32 heavy (non-hydrogen) atoms. The number of ether oxygens (including phenoxy) is 2. The number of hydrogen-bond acceptors (Lipinski definition) is 5. The number of sulfonamides is 1. The topological polar surface area (TPSA) is 84.9 Å². The van der Waals surface area contributed by atoms with Gasteiger partial charge in [0.05, 0.1) is 18.1 Å². The van der Waals surface area contributed by atoms with Crippen LogP contribution >= 0.6 is 0 Å². The molecule has 2 rings (SSSR count). The third-order valence-electron chi connectivity index (χ3n) is 5.21. The van der Waals surface area contributed by atoms with Gasteiger partial charge >= 0.3 is 0 Å². The van der Waals surface area contributed by atoms with Gasteiger partial charge in [-0.3, -0.25) is 4.79 Å². The maximum atomic E-state index is 12.9. The molecule has 0 spiro atoms. The van der Waals surface area contributed by atoms with E-state index in [2.05, 4.69) is 5.32 Å². The number of amides is 1. The fraction of sp³-hybridized carbons (Fsp3) is 0.458. The highest BCUT2D eigenvalue weighted by Gasteiger charge is 2.23. The van der Waals surface area contributed by atoms with Gasteiger partial charge in [-0.2, -0.15) is 4.31 Å². The molecule has 0 bridgehead atoms. The van der Waals surface area contributed by atoms with E-state index in [4.69, 9.17) is 9.47 Å². The standard InChI is InChI=1S/C24H34N2O5S/c1-6-26(7-2)32(28,29)20-16-18(4)19(5)21(17-20)25-24(27)14-11-15-31-23-13-10-9-12-22(23)30-8-3/h9-10,12-13,16-17H,6-8,11,14-15H2,1-5H3,(H,25,27). The zero-order chi connectivity index (χ0) is 23.7. The monoisotopic (exact) mass is 462 g/mol. The minimum Gasteiger partial charge on any atom is -0.490 e. The smallest absolute Gasteiger partial charge is 0.243 e. The highest BCUT2D eigenvalue weighted by atomic mass is 32.2. The Labute approximate surface area is 191 Å². The van der Waals surface area contributed by atoms with E-state index in [0.717, 1.165) is 11.1 Å². The van der Waals surface area contributed by atoms with Crippen LogP contribution in [-0.2, 0) is 14.8 Å². The number of aryl methyl sites for hydroxylation is 1. The SMILES string of the molecule is CCOc1ccccc1OCCCC(=O)Nc1cc(S(=O)(=O)N(CC)CC)cc(C)c1C. The Morgan fingerprint density at radius 2 is 1.62 bits per heavy atom. The van der Waals surface area contributed by atoms with Gasteiger partial charge in [0, 0.05) is 25.2 Å². The molecule has 176 valence electrons. The predicted molar refractivity (Wildman–Crippen MR) is 127 cm³/mol. The first-order valence-electron chi connectivity index (χ1n) is 11.0. The van der Waals surface area contributed by atoms with Crippen molar-refractivity contribution in [3.63, 3.8) is 0 Å². The highest BCUT2D eigenvalue weighted by Crippen LogP contribution is 2.28. The van der Waals surface area contributed by atoms with Crippen molar-refractivity contribution < 1.29 is 22.7 Å². The Hall–Kier alpha value is -2.58. The van der Waals surface area contributed by atoms with Crippen LogP contribution in [0.15, 0.2) is 41.3 Å². The molecule has 7 nitrogen and oxygen atoms in total. The molecule has 0 aliphatic carbocycles. The molecule has 0 aliphatic heterocycles. The maximum absolute atomic E-state index is 12.9. The van der Waals surface area contributed by atoms with Crippen LogP contribution in [0.2, 0.25) is 0 Å². The second-order valence-corrected chi connectivity index (χ2v) is 9.32. The summed E-state index contributed by atoms with van der Waals surface area (Å²) in [4.78, 5) is 12.7. The Balaban J connectivity index is 2.02. The second kappa shape index (κ2) is 11.9. The van der Waals surface area contributed by atoms with E-state index in [0.29, 0.717) is 49.9 Å². The van der Waals surface area contributed by atoms with Crippen molar-refractivity contribution in [2.24, 2.45) is 0 Å². The average Bonchev–Trinajstić information content (AvgIpc) is 2.76. The lowest BCUT2D eigenvalue weighted by molar-refractivity contribution is -0.116. The van der Waals surface area contributed by atoms with E-state index < -0.39 is 10.0 Å². The predicted octanol–water partition coefficient (Wildman–Crippen LogP) is 4.53. The Morgan fingerprint density at radius 3 is 2.22 bits per heavy atom. The molecule has 8 heteroatoms. The van der Waals surface area contributed by atoms with Crippen molar-refractivity contribution in [3.05, 3.63) is 47.5 Å². The number of hydrogen-bond donors (Lipinski definition) is 1. The van der Waals surface area contributed by atoms with E-state index in [1.807, 2.05) is 45.0 Å². The summed E-state index contributed by atoms with van der Waals surface area (Å²) in [5, 5.41) is 2.87. The maximum Gasteiger partial charge on any atom is 0.243 e. The van der Waals surface area contributed by atoms with Crippen LogP contribution in [0.3, 0.4) is 0 Å². The third-order valence-corrected chi connectivity index (χ3v) is 7.24.